The van der Waals surface area contributed by atoms with E-state index in [-0.39, 0.29) is 7.92 Å². The Bertz CT molecular complexity index is 544. The van der Waals surface area contributed by atoms with Gasteiger partial charge in [-0.25, -0.2) is 0 Å². The maximum absolute atomic E-state index is 3.93. The average molecular weight is 297 g/mol. The zero-order valence-electron chi connectivity index (χ0n) is 13.0. The van der Waals surface area contributed by atoms with Gasteiger partial charge in [-0.3, -0.25) is 0 Å². The Morgan fingerprint density at radius 1 is 0.905 bits per heavy atom. The van der Waals surface area contributed by atoms with Crippen molar-refractivity contribution in [3.05, 3.63) is 67.3 Å². The summed E-state index contributed by atoms with van der Waals surface area (Å²) in [5.74, 6) is 0. The van der Waals surface area contributed by atoms with Crippen molar-refractivity contribution in [1.29, 1.82) is 0 Å². The lowest BCUT2D eigenvalue weighted by Crippen LogP contribution is -2.22. The molecule has 0 N–H and O–H groups in total. The van der Waals surface area contributed by atoms with Crippen LogP contribution in [0.4, 0.5) is 5.69 Å². The fraction of sp³-hybridized carbons (Fsp3) is 0.263. The summed E-state index contributed by atoms with van der Waals surface area (Å²) in [7, 11) is -0.328. The number of nitrogens with zero attached hydrogens (tertiary/aromatic N) is 1. The van der Waals surface area contributed by atoms with Gasteiger partial charge in [0.2, 0.25) is 0 Å². The van der Waals surface area contributed by atoms with Crippen LogP contribution < -0.4 is 15.5 Å². The van der Waals surface area contributed by atoms with Crippen molar-refractivity contribution in [3.8, 4) is 0 Å². The van der Waals surface area contributed by atoms with E-state index in [2.05, 4.69) is 79.9 Å². The number of hydrogen-bond donors (Lipinski definition) is 0. The van der Waals surface area contributed by atoms with Crippen LogP contribution in [0, 0.1) is 0 Å². The Morgan fingerprint density at radius 2 is 1.48 bits per heavy atom. The Labute approximate surface area is 130 Å². The van der Waals surface area contributed by atoms with Gasteiger partial charge in [0.1, 0.15) is 0 Å². The van der Waals surface area contributed by atoms with E-state index in [9.17, 15) is 0 Å². The Morgan fingerprint density at radius 3 is 2.00 bits per heavy atom. The molecule has 2 aromatic rings. The largest absolute Gasteiger partial charge is 0.372 e. The Balaban J connectivity index is 2.27. The first-order valence-corrected chi connectivity index (χ1v) is 9.11. The summed E-state index contributed by atoms with van der Waals surface area (Å²) in [6.07, 6.45) is 3.07. The van der Waals surface area contributed by atoms with Crippen LogP contribution >= 0.6 is 7.92 Å². The molecule has 21 heavy (non-hydrogen) atoms. The summed E-state index contributed by atoms with van der Waals surface area (Å²) in [4.78, 5) is 2.38. The number of benzene rings is 2. The van der Waals surface area contributed by atoms with Gasteiger partial charge >= 0.3 is 0 Å². The van der Waals surface area contributed by atoms with Crippen LogP contribution in [0.15, 0.2) is 67.3 Å². The third-order valence-corrected chi connectivity index (χ3v) is 6.14. The minimum absolute atomic E-state index is 0.328. The number of anilines is 1. The third kappa shape index (κ3) is 3.95. The first-order chi connectivity index (χ1) is 10.3. The summed E-state index contributed by atoms with van der Waals surface area (Å²) in [6, 6.07) is 19.9. The van der Waals surface area contributed by atoms with Gasteiger partial charge in [-0.1, -0.05) is 48.5 Å². The molecule has 0 heterocycles. The summed E-state index contributed by atoms with van der Waals surface area (Å²) in [6.45, 7) is 10.4. The molecule has 1 atom stereocenters. The average Bonchev–Trinajstić information content (AvgIpc) is 2.55. The highest BCUT2D eigenvalue weighted by atomic mass is 31.1. The Kier molecular flexibility index (Phi) is 6.02. The molecule has 1 nitrogen and oxygen atoms in total. The second kappa shape index (κ2) is 8.00. The molecular weight excluding hydrogens is 273 g/mol. The van der Waals surface area contributed by atoms with Crippen LogP contribution in [-0.2, 0) is 0 Å². The van der Waals surface area contributed by atoms with E-state index in [0.29, 0.717) is 0 Å². The first kappa shape index (κ1) is 15.8. The summed E-state index contributed by atoms with van der Waals surface area (Å²) >= 11 is 0. The van der Waals surface area contributed by atoms with E-state index in [1.54, 1.807) is 0 Å². The standard InChI is InChI=1S/C19H24NP/c1-4-16-21(18-10-8-7-9-11-18)19-14-12-17(13-15-19)20(5-2)6-3/h4,7-15H,1,5-6,16H2,2-3H3. The second-order valence-electron chi connectivity index (χ2n) is 4.92. The molecule has 0 saturated heterocycles. The van der Waals surface area contributed by atoms with E-state index in [0.717, 1.165) is 19.3 Å². The van der Waals surface area contributed by atoms with Gasteiger partial charge in [0.25, 0.3) is 0 Å². The maximum Gasteiger partial charge on any atom is 0.0366 e. The molecule has 0 aromatic heterocycles. The van der Waals surface area contributed by atoms with E-state index >= 15 is 0 Å². The Hall–Kier alpha value is -1.59. The normalized spacial score (nSPS) is 11.9. The highest BCUT2D eigenvalue weighted by Gasteiger charge is 2.12. The number of hydrogen-bond acceptors (Lipinski definition) is 1. The van der Waals surface area contributed by atoms with Crippen LogP contribution in [0.1, 0.15) is 13.8 Å². The van der Waals surface area contributed by atoms with Crippen LogP contribution in [0.5, 0.6) is 0 Å². The summed E-state index contributed by atoms with van der Waals surface area (Å²) < 4.78 is 0. The van der Waals surface area contributed by atoms with Gasteiger partial charge in [-0.2, -0.15) is 0 Å². The third-order valence-electron chi connectivity index (χ3n) is 3.67. The van der Waals surface area contributed by atoms with Crippen molar-refractivity contribution < 1.29 is 0 Å². The van der Waals surface area contributed by atoms with E-state index in [4.69, 9.17) is 0 Å². The molecule has 0 radical (unpaired) electrons. The van der Waals surface area contributed by atoms with Crippen molar-refractivity contribution in [1.82, 2.24) is 0 Å². The molecule has 1 unspecified atom stereocenters. The smallest absolute Gasteiger partial charge is 0.0366 e. The first-order valence-electron chi connectivity index (χ1n) is 7.58. The molecule has 0 aliphatic heterocycles. The van der Waals surface area contributed by atoms with Gasteiger partial charge in [-0.15, -0.1) is 6.58 Å². The lowest BCUT2D eigenvalue weighted by molar-refractivity contribution is 0.866. The van der Waals surface area contributed by atoms with Gasteiger partial charge in [-0.05, 0) is 50.7 Å². The van der Waals surface area contributed by atoms with Gasteiger partial charge in [0.05, 0.1) is 0 Å². The molecule has 0 aliphatic carbocycles. The summed E-state index contributed by atoms with van der Waals surface area (Å²) in [5.41, 5.74) is 1.31. The molecule has 0 spiro atoms. The van der Waals surface area contributed by atoms with Crippen LogP contribution in [-0.4, -0.2) is 19.3 Å². The molecule has 2 aromatic carbocycles. The number of allylic oxidation sites excluding steroid dienone is 1. The molecule has 0 aliphatic rings. The lowest BCUT2D eigenvalue weighted by atomic mass is 10.3. The van der Waals surface area contributed by atoms with E-state index < -0.39 is 0 Å². The van der Waals surface area contributed by atoms with Crippen LogP contribution in [0.25, 0.3) is 0 Å². The molecular formula is C19H24NP. The van der Waals surface area contributed by atoms with Crippen molar-refractivity contribution in [3.63, 3.8) is 0 Å². The van der Waals surface area contributed by atoms with Crippen molar-refractivity contribution in [2.75, 3.05) is 24.2 Å². The molecule has 110 valence electrons. The minimum atomic E-state index is -0.328. The van der Waals surface area contributed by atoms with Gasteiger partial charge < -0.3 is 4.90 Å². The zero-order chi connectivity index (χ0) is 15.1. The fourth-order valence-corrected chi connectivity index (χ4v) is 4.55. The van der Waals surface area contributed by atoms with Crippen LogP contribution in [0.3, 0.4) is 0 Å². The molecule has 2 rings (SSSR count). The second-order valence-corrected chi connectivity index (χ2v) is 7.18. The molecule has 0 amide bonds. The number of rotatable bonds is 7. The highest BCUT2D eigenvalue weighted by molar-refractivity contribution is 7.73. The predicted octanol–water partition coefficient (Wildman–Crippen LogP) is 4.15. The van der Waals surface area contributed by atoms with Crippen LogP contribution in [0.2, 0.25) is 0 Å². The van der Waals surface area contributed by atoms with Gasteiger partial charge in [0.15, 0.2) is 0 Å². The lowest BCUT2D eigenvalue weighted by Gasteiger charge is -2.22. The molecule has 0 saturated carbocycles. The van der Waals surface area contributed by atoms with Crippen molar-refractivity contribution in [2.45, 2.75) is 13.8 Å². The van der Waals surface area contributed by atoms with E-state index in [1.807, 2.05) is 6.08 Å². The molecule has 2 heteroatoms. The van der Waals surface area contributed by atoms with Gasteiger partial charge in [0, 0.05) is 18.8 Å². The zero-order valence-corrected chi connectivity index (χ0v) is 13.9. The quantitative estimate of drug-likeness (QED) is 0.548. The SMILES string of the molecule is C=CCP(c1ccccc1)c1ccc(N(CC)CC)cc1. The maximum atomic E-state index is 3.93. The molecule has 0 bridgehead atoms. The van der Waals surface area contributed by atoms with Crippen molar-refractivity contribution in [2.24, 2.45) is 0 Å². The predicted molar refractivity (Wildman–Crippen MR) is 97.7 cm³/mol. The highest BCUT2D eigenvalue weighted by Crippen LogP contribution is 2.33. The summed E-state index contributed by atoms with van der Waals surface area (Å²) in [5, 5.41) is 2.84. The van der Waals surface area contributed by atoms with E-state index in [1.165, 1.54) is 16.3 Å². The molecule has 0 fully saturated rings. The van der Waals surface area contributed by atoms with Crippen molar-refractivity contribution >= 4 is 24.2 Å². The minimum Gasteiger partial charge on any atom is -0.372 e. The monoisotopic (exact) mass is 297 g/mol. The topological polar surface area (TPSA) is 3.24 Å². The fourth-order valence-electron chi connectivity index (χ4n) is 2.53.